The van der Waals surface area contributed by atoms with Crippen LogP contribution in [0.5, 0.6) is 5.75 Å². The quantitative estimate of drug-likeness (QED) is 0.887. The van der Waals surface area contributed by atoms with Crippen molar-refractivity contribution in [3.63, 3.8) is 0 Å². The van der Waals surface area contributed by atoms with Gasteiger partial charge in [-0.2, -0.15) is 0 Å². The van der Waals surface area contributed by atoms with Gasteiger partial charge in [-0.05, 0) is 47.4 Å². The first kappa shape index (κ1) is 14.4. The fourth-order valence-corrected chi connectivity index (χ4v) is 3.78. The molecule has 0 spiro atoms. The Morgan fingerprint density at radius 3 is 2.62 bits per heavy atom. The molecule has 2 heteroatoms. The summed E-state index contributed by atoms with van der Waals surface area (Å²) in [4.78, 5) is 0. The summed E-state index contributed by atoms with van der Waals surface area (Å²) in [5, 5.41) is 6.27. The van der Waals surface area contributed by atoms with Crippen molar-refractivity contribution in [2.45, 2.75) is 45.1 Å². The number of nitrogens with one attached hydrogen (secondary N) is 1. The smallest absolute Gasteiger partial charge is 0.127 e. The van der Waals surface area contributed by atoms with Crippen LogP contribution in [0.4, 0.5) is 0 Å². The van der Waals surface area contributed by atoms with Crippen molar-refractivity contribution < 1.29 is 4.74 Å². The van der Waals surface area contributed by atoms with Crippen molar-refractivity contribution >= 4 is 10.8 Å². The number of rotatable bonds is 4. The molecular formula is C19H25NO. The van der Waals surface area contributed by atoms with Gasteiger partial charge in [0.25, 0.3) is 0 Å². The predicted molar refractivity (Wildman–Crippen MR) is 89.2 cm³/mol. The summed E-state index contributed by atoms with van der Waals surface area (Å²) in [6, 6.07) is 11.3. The zero-order chi connectivity index (χ0) is 15.0. The molecule has 3 rings (SSSR count). The van der Waals surface area contributed by atoms with Gasteiger partial charge in [0, 0.05) is 11.4 Å². The highest BCUT2D eigenvalue weighted by atomic mass is 16.5. The van der Waals surface area contributed by atoms with Crippen LogP contribution < -0.4 is 10.1 Å². The number of fused-ring (bicyclic) bond motifs is 3. The number of ether oxygens (including phenoxy) is 1. The average molecular weight is 283 g/mol. The van der Waals surface area contributed by atoms with Crippen molar-refractivity contribution in [1.82, 2.24) is 5.32 Å². The molecule has 0 bridgehead atoms. The molecule has 1 unspecified atom stereocenters. The molecule has 0 saturated heterocycles. The van der Waals surface area contributed by atoms with Gasteiger partial charge in [0.15, 0.2) is 0 Å². The lowest BCUT2D eigenvalue weighted by atomic mass is 9.83. The molecule has 0 saturated carbocycles. The van der Waals surface area contributed by atoms with Crippen LogP contribution in [-0.2, 0) is 5.41 Å². The molecule has 1 aliphatic carbocycles. The second-order valence-electron chi connectivity index (χ2n) is 6.68. The van der Waals surface area contributed by atoms with E-state index in [0.29, 0.717) is 6.04 Å². The summed E-state index contributed by atoms with van der Waals surface area (Å²) in [5.41, 5.74) is 3.11. The van der Waals surface area contributed by atoms with Crippen molar-refractivity contribution in [2.75, 3.05) is 13.7 Å². The summed E-state index contributed by atoms with van der Waals surface area (Å²) >= 11 is 0. The van der Waals surface area contributed by atoms with Gasteiger partial charge in [-0.3, -0.25) is 0 Å². The number of benzene rings is 2. The number of hydrogen-bond donors (Lipinski definition) is 1. The van der Waals surface area contributed by atoms with Gasteiger partial charge in [-0.25, -0.2) is 0 Å². The third-order valence-corrected chi connectivity index (χ3v) is 4.66. The third-order valence-electron chi connectivity index (χ3n) is 4.66. The van der Waals surface area contributed by atoms with E-state index in [1.807, 2.05) is 0 Å². The van der Waals surface area contributed by atoms with E-state index in [1.54, 1.807) is 7.11 Å². The SMILES string of the molecule is CCCNC1CC(C)(C)c2c1cc(OC)c1ccccc21. The van der Waals surface area contributed by atoms with Crippen molar-refractivity contribution in [3.8, 4) is 5.75 Å². The van der Waals surface area contributed by atoms with Gasteiger partial charge in [0.2, 0.25) is 0 Å². The van der Waals surface area contributed by atoms with E-state index in [0.717, 1.165) is 25.1 Å². The lowest BCUT2D eigenvalue weighted by Crippen LogP contribution is -2.22. The molecule has 0 aliphatic heterocycles. The third kappa shape index (κ3) is 2.32. The molecule has 2 aromatic carbocycles. The van der Waals surface area contributed by atoms with Gasteiger partial charge < -0.3 is 10.1 Å². The van der Waals surface area contributed by atoms with Crippen molar-refractivity contribution in [3.05, 3.63) is 41.5 Å². The van der Waals surface area contributed by atoms with Crippen molar-refractivity contribution in [2.24, 2.45) is 0 Å². The van der Waals surface area contributed by atoms with Gasteiger partial charge in [0.05, 0.1) is 7.11 Å². The van der Waals surface area contributed by atoms with Crippen LogP contribution in [0.15, 0.2) is 30.3 Å². The minimum atomic E-state index is 0.201. The average Bonchev–Trinajstić information content (AvgIpc) is 2.75. The first-order chi connectivity index (χ1) is 10.1. The van der Waals surface area contributed by atoms with Crippen molar-refractivity contribution in [1.29, 1.82) is 0 Å². The van der Waals surface area contributed by atoms with Crippen LogP contribution in [0, 0.1) is 0 Å². The Balaban J connectivity index is 2.23. The maximum absolute atomic E-state index is 5.65. The highest BCUT2D eigenvalue weighted by Crippen LogP contribution is 2.49. The summed E-state index contributed by atoms with van der Waals surface area (Å²) < 4.78 is 5.65. The summed E-state index contributed by atoms with van der Waals surface area (Å²) in [6.07, 6.45) is 2.32. The summed E-state index contributed by atoms with van der Waals surface area (Å²) in [7, 11) is 1.77. The van der Waals surface area contributed by atoms with Crippen LogP contribution in [0.1, 0.15) is 50.8 Å². The molecule has 0 heterocycles. The number of hydrogen-bond acceptors (Lipinski definition) is 2. The van der Waals surface area contributed by atoms with E-state index in [2.05, 4.69) is 56.4 Å². The zero-order valence-electron chi connectivity index (χ0n) is 13.5. The van der Waals surface area contributed by atoms with Crippen LogP contribution in [-0.4, -0.2) is 13.7 Å². The minimum Gasteiger partial charge on any atom is -0.496 e. The molecule has 0 amide bonds. The molecular weight excluding hydrogens is 258 g/mol. The molecule has 1 aliphatic rings. The Kier molecular flexibility index (Phi) is 3.66. The molecule has 0 aromatic heterocycles. The molecule has 0 radical (unpaired) electrons. The van der Waals surface area contributed by atoms with Gasteiger partial charge >= 0.3 is 0 Å². The lowest BCUT2D eigenvalue weighted by molar-refractivity contribution is 0.416. The summed E-state index contributed by atoms with van der Waals surface area (Å²) in [6.45, 7) is 8.00. The summed E-state index contributed by atoms with van der Waals surface area (Å²) in [5.74, 6) is 0.991. The van der Waals surface area contributed by atoms with Gasteiger partial charge in [0.1, 0.15) is 5.75 Å². The van der Waals surface area contributed by atoms with Crippen LogP contribution in [0.3, 0.4) is 0 Å². The molecule has 0 fully saturated rings. The molecule has 21 heavy (non-hydrogen) atoms. The van der Waals surface area contributed by atoms with Crippen LogP contribution in [0.25, 0.3) is 10.8 Å². The molecule has 112 valence electrons. The maximum Gasteiger partial charge on any atom is 0.127 e. The van der Waals surface area contributed by atoms with Gasteiger partial charge in [-0.1, -0.05) is 45.0 Å². The topological polar surface area (TPSA) is 21.3 Å². The van der Waals surface area contributed by atoms with Gasteiger partial charge in [-0.15, -0.1) is 0 Å². The van der Waals surface area contributed by atoms with E-state index >= 15 is 0 Å². The highest BCUT2D eigenvalue weighted by Gasteiger charge is 2.38. The minimum absolute atomic E-state index is 0.201. The Morgan fingerprint density at radius 2 is 1.95 bits per heavy atom. The van der Waals surface area contributed by atoms with E-state index < -0.39 is 0 Å². The molecule has 2 aromatic rings. The Labute approximate surface area is 127 Å². The second kappa shape index (κ2) is 5.34. The predicted octanol–water partition coefficient (Wildman–Crippen LogP) is 4.57. The van der Waals surface area contributed by atoms with Crippen LogP contribution >= 0.6 is 0 Å². The molecule has 1 N–H and O–H groups in total. The molecule has 2 nitrogen and oxygen atoms in total. The largest absolute Gasteiger partial charge is 0.496 e. The zero-order valence-corrected chi connectivity index (χ0v) is 13.5. The Bertz CT molecular complexity index is 660. The lowest BCUT2D eigenvalue weighted by Gasteiger charge is -2.21. The Hall–Kier alpha value is -1.54. The monoisotopic (exact) mass is 283 g/mol. The fourth-order valence-electron chi connectivity index (χ4n) is 3.78. The number of methoxy groups -OCH3 is 1. The van der Waals surface area contributed by atoms with E-state index in [-0.39, 0.29) is 5.41 Å². The van der Waals surface area contributed by atoms with E-state index in [4.69, 9.17) is 4.74 Å². The highest BCUT2D eigenvalue weighted by molar-refractivity contribution is 5.93. The van der Waals surface area contributed by atoms with Crippen LogP contribution in [0.2, 0.25) is 0 Å². The van der Waals surface area contributed by atoms with E-state index in [9.17, 15) is 0 Å². The Morgan fingerprint density at radius 1 is 1.24 bits per heavy atom. The fraction of sp³-hybridized carbons (Fsp3) is 0.474. The molecule has 1 atom stereocenters. The standard InChI is InChI=1S/C19H25NO/c1-5-10-20-16-12-19(2,3)18-14-9-7-6-8-13(14)17(21-4)11-15(16)18/h6-9,11,16,20H,5,10,12H2,1-4H3. The second-order valence-corrected chi connectivity index (χ2v) is 6.68. The maximum atomic E-state index is 5.65. The first-order valence-corrected chi connectivity index (χ1v) is 7.92. The normalized spacial score (nSPS) is 19.7. The van der Waals surface area contributed by atoms with E-state index in [1.165, 1.54) is 21.9 Å². The first-order valence-electron chi connectivity index (χ1n) is 7.92.